The van der Waals surface area contributed by atoms with Gasteiger partial charge in [0.2, 0.25) is 10.0 Å². The van der Waals surface area contributed by atoms with Crippen LogP contribution in [0.3, 0.4) is 0 Å². The van der Waals surface area contributed by atoms with Crippen molar-refractivity contribution in [3.8, 4) is 0 Å². The van der Waals surface area contributed by atoms with Crippen LogP contribution in [-0.4, -0.2) is 82.4 Å². The predicted octanol–water partition coefficient (Wildman–Crippen LogP) is -0.706. The second-order valence-corrected chi connectivity index (χ2v) is 7.95. The van der Waals surface area contributed by atoms with Crippen LogP contribution in [0.5, 0.6) is 0 Å². The third-order valence-corrected chi connectivity index (χ3v) is 5.85. The SMILES string of the molecule is CC1CC(NS(=O)(=O)CCN2CCNCC2)CCN1C. The average molecular weight is 304 g/mol. The first kappa shape index (κ1) is 16.2. The standard InChI is InChI=1S/C13H28N4O2S/c1-12-11-13(3-6-16(12)2)15-20(18,19)10-9-17-7-4-14-5-8-17/h12-15H,3-11H2,1-2H3. The van der Waals surface area contributed by atoms with Crippen molar-refractivity contribution in [2.24, 2.45) is 0 Å². The lowest BCUT2D eigenvalue weighted by molar-refractivity contribution is 0.178. The molecule has 0 radical (unpaired) electrons. The molecule has 2 fully saturated rings. The smallest absolute Gasteiger partial charge is 0.213 e. The van der Waals surface area contributed by atoms with Gasteiger partial charge < -0.3 is 10.2 Å². The van der Waals surface area contributed by atoms with E-state index in [9.17, 15) is 8.42 Å². The maximum absolute atomic E-state index is 12.2. The molecule has 0 aromatic heterocycles. The van der Waals surface area contributed by atoms with Gasteiger partial charge in [0.25, 0.3) is 0 Å². The lowest BCUT2D eigenvalue weighted by Gasteiger charge is -2.35. The predicted molar refractivity (Wildman–Crippen MR) is 81.3 cm³/mol. The summed E-state index contributed by atoms with van der Waals surface area (Å²) in [5, 5.41) is 3.28. The Kier molecular flexibility index (Phi) is 5.80. The van der Waals surface area contributed by atoms with Crippen molar-refractivity contribution in [2.75, 3.05) is 52.1 Å². The fraction of sp³-hybridized carbons (Fsp3) is 1.00. The van der Waals surface area contributed by atoms with E-state index in [1.54, 1.807) is 0 Å². The normalized spacial score (nSPS) is 30.5. The van der Waals surface area contributed by atoms with E-state index < -0.39 is 10.0 Å². The van der Waals surface area contributed by atoms with E-state index in [0.29, 0.717) is 12.6 Å². The Bertz CT molecular complexity index is 395. The number of nitrogens with one attached hydrogen (secondary N) is 2. The third-order valence-electron chi connectivity index (χ3n) is 4.44. The van der Waals surface area contributed by atoms with Crippen LogP contribution in [0.4, 0.5) is 0 Å². The van der Waals surface area contributed by atoms with E-state index in [1.165, 1.54) is 0 Å². The Morgan fingerprint density at radius 3 is 2.60 bits per heavy atom. The highest BCUT2D eigenvalue weighted by Gasteiger charge is 2.26. The van der Waals surface area contributed by atoms with E-state index in [2.05, 4.69) is 33.8 Å². The highest BCUT2D eigenvalue weighted by Crippen LogP contribution is 2.16. The molecule has 2 heterocycles. The number of sulfonamides is 1. The number of piperazine rings is 1. The zero-order chi connectivity index (χ0) is 14.6. The summed E-state index contributed by atoms with van der Waals surface area (Å²) in [5.74, 6) is 0.216. The molecule has 20 heavy (non-hydrogen) atoms. The molecule has 2 unspecified atom stereocenters. The average Bonchev–Trinajstić information content (AvgIpc) is 2.42. The number of hydrogen-bond donors (Lipinski definition) is 2. The molecule has 2 N–H and O–H groups in total. The lowest BCUT2D eigenvalue weighted by Crippen LogP contribution is -2.49. The van der Waals surface area contributed by atoms with Gasteiger partial charge in [-0.3, -0.25) is 4.90 Å². The van der Waals surface area contributed by atoms with Crippen molar-refractivity contribution in [2.45, 2.75) is 31.8 Å². The van der Waals surface area contributed by atoms with E-state index in [1.807, 2.05) is 0 Å². The Labute approximate surface area is 122 Å². The minimum Gasteiger partial charge on any atom is -0.314 e. The van der Waals surface area contributed by atoms with Crippen molar-refractivity contribution in [3.63, 3.8) is 0 Å². The van der Waals surface area contributed by atoms with Crippen molar-refractivity contribution in [1.82, 2.24) is 19.8 Å². The number of hydrogen-bond acceptors (Lipinski definition) is 5. The minimum atomic E-state index is -3.15. The lowest BCUT2D eigenvalue weighted by atomic mass is 10.0. The zero-order valence-electron chi connectivity index (χ0n) is 12.6. The first-order valence-electron chi connectivity index (χ1n) is 7.59. The molecule has 2 aliphatic rings. The van der Waals surface area contributed by atoms with Crippen LogP contribution in [0, 0.1) is 0 Å². The first-order valence-corrected chi connectivity index (χ1v) is 9.25. The van der Waals surface area contributed by atoms with Gasteiger partial charge >= 0.3 is 0 Å². The third kappa shape index (κ3) is 4.96. The van der Waals surface area contributed by atoms with Gasteiger partial charge in [0.05, 0.1) is 5.75 Å². The monoisotopic (exact) mass is 304 g/mol. The molecule has 0 bridgehead atoms. The Morgan fingerprint density at radius 2 is 1.95 bits per heavy atom. The first-order chi connectivity index (χ1) is 9.46. The molecule has 6 nitrogen and oxygen atoms in total. The summed E-state index contributed by atoms with van der Waals surface area (Å²) in [5.41, 5.74) is 0. The summed E-state index contributed by atoms with van der Waals surface area (Å²) in [6.45, 7) is 7.56. The van der Waals surface area contributed by atoms with Crippen molar-refractivity contribution < 1.29 is 8.42 Å². The van der Waals surface area contributed by atoms with Gasteiger partial charge in [0.15, 0.2) is 0 Å². The molecule has 118 valence electrons. The second-order valence-electron chi connectivity index (χ2n) is 6.08. The Morgan fingerprint density at radius 1 is 1.25 bits per heavy atom. The fourth-order valence-electron chi connectivity index (χ4n) is 2.89. The zero-order valence-corrected chi connectivity index (χ0v) is 13.5. The fourth-order valence-corrected chi connectivity index (χ4v) is 4.23. The number of likely N-dealkylation sites (tertiary alicyclic amines) is 1. The van der Waals surface area contributed by atoms with Crippen molar-refractivity contribution >= 4 is 10.0 Å². The summed E-state index contributed by atoms with van der Waals surface area (Å²) in [6.07, 6.45) is 1.82. The van der Waals surface area contributed by atoms with Crippen LogP contribution in [0.1, 0.15) is 19.8 Å². The van der Waals surface area contributed by atoms with E-state index in [-0.39, 0.29) is 11.8 Å². The molecule has 0 aromatic rings. The van der Waals surface area contributed by atoms with Crippen LogP contribution < -0.4 is 10.0 Å². The molecule has 2 aliphatic heterocycles. The topological polar surface area (TPSA) is 64.7 Å². The summed E-state index contributed by atoms with van der Waals surface area (Å²) < 4.78 is 27.2. The van der Waals surface area contributed by atoms with Gasteiger partial charge in [-0.2, -0.15) is 0 Å². The molecule has 7 heteroatoms. The number of piperidine rings is 1. The molecule has 2 rings (SSSR count). The van der Waals surface area contributed by atoms with Gasteiger partial charge in [0, 0.05) is 44.8 Å². The minimum absolute atomic E-state index is 0.106. The molecule has 0 spiro atoms. The quantitative estimate of drug-likeness (QED) is 0.703. The van der Waals surface area contributed by atoms with Crippen LogP contribution in [0.25, 0.3) is 0 Å². The second kappa shape index (κ2) is 7.17. The van der Waals surface area contributed by atoms with Gasteiger partial charge in [-0.1, -0.05) is 0 Å². The molecule has 2 saturated heterocycles. The molecule has 0 aliphatic carbocycles. The van der Waals surface area contributed by atoms with Crippen LogP contribution in [0.15, 0.2) is 0 Å². The van der Waals surface area contributed by atoms with E-state index >= 15 is 0 Å². The number of nitrogens with zero attached hydrogens (tertiary/aromatic N) is 2. The highest BCUT2D eigenvalue weighted by molar-refractivity contribution is 7.89. The summed E-state index contributed by atoms with van der Waals surface area (Å²) >= 11 is 0. The van der Waals surface area contributed by atoms with Gasteiger partial charge in [0.1, 0.15) is 0 Å². The Hall–Kier alpha value is -0.210. The van der Waals surface area contributed by atoms with Crippen LogP contribution in [0.2, 0.25) is 0 Å². The molecule has 0 saturated carbocycles. The Balaban J connectivity index is 1.75. The van der Waals surface area contributed by atoms with Gasteiger partial charge in [-0.25, -0.2) is 13.1 Å². The van der Waals surface area contributed by atoms with Gasteiger partial charge in [-0.15, -0.1) is 0 Å². The van der Waals surface area contributed by atoms with Crippen LogP contribution in [-0.2, 0) is 10.0 Å². The maximum atomic E-state index is 12.2. The summed E-state index contributed by atoms with van der Waals surface area (Å²) in [6, 6.07) is 0.554. The summed E-state index contributed by atoms with van der Waals surface area (Å²) in [4.78, 5) is 4.50. The van der Waals surface area contributed by atoms with Gasteiger partial charge in [-0.05, 0) is 33.4 Å². The van der Waals surface area contributed by atoms with Crippen LogP contribution >= 0.6 is 0 Å². The van der Waals surface area contributed by atoms with E-state index in [0.717, 1.165) is 45.6 Å². The van der Waals surface area contributed by atoms with Crippen molar-refractivity contribution in [1.29, 1.82) is 0 Å². The van der Waals surface area contributed by atoms with E-state index in [4.69, 9.17) is 0 Å². The largest absolute Gasteiger partial charge is 0.314 e. The summed E-state index contributed by atoms with van der Waals surface area (Å²) in [7, 11) is -1.06. The maximum Gasteiger partial charge on any atom is 0.213 e. The molecular weight excluding hydrogens is 276 g/mol. The van der Waals surface area contributed by atoms with Crippen molar-refractivity contribution in [3.05, 3.63) is 0 Å². The number of rotatable bonds is 5. The highest BCUT2D eigenvalue weighted by atomic mass is 32.2. The molecular formula is C13H28N4O2S. The molecule has 2 atom stereocenters. The molecule has 0 amide bonds. The molecule has 0 aromatic carbocycles.